The minimum atomic E-state index is -1.19. The Morgan fingerprint density at radius 2 is 2.03 bits per heavy atom. The smallest absolute Gasteiger partial charge is 0.225 e. The number of fused-ring (bicyclic) bond motifs is 1. The van der Waals surface area contributed by atoms with Gasteiger partial charge in [-0.2, -0.15) is 0 Å². The average molecular weight is 475 g/mol. The van der Waals surface area contributed by atoms with Crippen LogP contribution in [-0.4, -0.2) is 64.9 Å². The molecular weight excluding hydrogens is 448 g/mol. The van der Waals surface area contributed by atoms with Gasteiger partial charge in [-0.1, -0.05) is 0 Å². The van der Waals surface area contributed by atoms with Gasteiger partial charge in [-0.25, -0.2) is 15.0 Å². The van der Waals surface area contributed by atoms with Crippen LogP contribution in [0.1, 0.15) is 23.7 Å². The molecule has 0 saturated heterocycles. The molecule has 0 bridgehead atoms. The first-order chi connectivity index (χ1) is 17.0. The lowest BCUT2D eigenvalue weighted by atomic mass is 10.1. The zero-order chi connectivity index (χ0) is 24.5. The summed E-state index contributed by atoms with van der Waals surface area (Å²) in [6.07, 6.45) is 4.56. The van der Waals surface area contributed by atoms with Crippen molar-refractivity contribution < 1.29 is 15.0 Å². The molecule has 1 aliphatic carbocycles. The van der Waals surface area contributed by atoms with Crippen molar-refractivity contribution in [2.24, 2.45) is 5.92 Å². The number of nitrogens with one attached hydrogen (secondary N) is 2. The van der Waals surface area contributed by atoms with Crippen molar-refractivity contribution in [3.8, 4) is 11.4 Å². The van der Waals surface area contributed by atoms with Crippen LogP contribution in [0.25, 0.3) is 22.6 Å². The summed E-state index contributed by atoms with van der Waals surface area (Å²) in [4.78, 5) is 34.7. The summed E-state index contributed by atoms with van der Waals surface area (Å²) in [5.74, 6) is -0.112. The van der Waals surface area contributed by atoms with Gasteiger partial charge in [-0.05, 0) is 43.2 Å². The molecule has 0 unspecified atom stereocenters. The highest BCUT2D eigenvalue weighted by molar-refractivity contribution is 5.85. The van der Waals surface area contributed by atoms with Gasteiger partial charge in [0.15, 0.2) is 17.3 Å². The molecule has 35 heavy (non-hydrogen) atoms. The molecule has 1 fully saturated rings. The number of anilines is 1. The lowest BCUT2D eigenvalue weighted by Gasteiger charge is -2.18. The summed E-state index contributed by atoms with van der Waals surface area (Å²) >= 11 is 0. The van der Waals surface area contributed by atoms with E-state index in [0.29, 0.717) is 34.9 Å². The van der Waals surface area contributed by atoms with E-state index in [1.54, 1.807) is 35.6 Å². The highest BCUT2D eigenvalue weighted by Gasteiger charge is 2.46. The summed E-state index contributed by atoms with van der Waals surface area (Å²) in [5, 5.41) is 27.2. The van der Waals surface area contributed by atoms with Crippen LogP contribution in [0.15, 0.2) is 49.2 Å². The SMILES string of the molecule is CNC(=O)[C@H]1C[C@@H](n2cnc3c(NCc4cc(C)ccn4)nc(-c4cccnc4)nc32)[C@H](O)[C@@H]1O. The van der Waals surface area contributed by atoms with Crippen LogP contribution >= 0.6 is 0 Å². The van der Waals surface area contributed by atoms with Crippen molar-refractivity contribution in [3.05, 3.63) is 60.4 Å². The van der Waals surface area contributed by atoms with E-state index in [1.165, 1.54) is 7.05 Å². The van der Waals surface area contributed by atoms with Crippen LogP contribution in [0, 0.1) is 12.8 Å². The predicted molar refractivity (Wildman–Crippen MR) is 128 cm³/mol. The number of carbonyl (C=O) groups is 1. The van der Waals surface area contributed by atoms with E-state index < -0.39 is 24.2 Å². The van der Waals surface area contributed by atoms with Gasteiger partial charge in [-0.3, -0.25) is 14.8 Å². The van der Waals surface area contributed by atoms with Crippen molar-refractivity contribution >= 4 is 22.9 Å². The molecular formula is C24H26N8O3. The van der Waals surface area contributed by atoms with Gasteiger partial charge in [0.2, 0.25) is 5.91 Å². The van der Waals surface area contributed by atoms with Crippen LogP contribution in [-0.2, 0) is 11.3 Å². The monoisotopic (exact) mass is 474 g/mol. The minimum Gasteiger partial charge on any atom is -0.390 e. The minimum absolute atomic E-state index is 0.246. The first-order valence-electron chi connectivity index (χ1n) is 11.3. The number of aliphatic hydroxyl groups is 2. The molecule has 1 aliphatic rings. The van der Waals surface area contributed by atoms with Crippen molar-refractivity contribution in [1.82, 2.24) is 34.8 Å². The highest BCUT2D eigenvalue weighted by Crippen LogP contribution is 2.38. The summed E-state index contributed by atoms with van der Waals surface area (Å²) in [7, 11) is 1.51. The Bertz CT molecular complexity index is 1360. The fourth-order valence-corrected chi connectivity index (χ4v) is 4.51. The van der Waals surface area contributed by atoms with Gasteiger partial charge >= 0.3 is 0 Å². The van der Waals surface area contributed by atoms with Gasteiger partial charge in [0, 0.05) is 31.2 Å². The lowest BCUT2D eigenvalue weighted by Crippen LogP contribution is -2.36. The molecule has 11 heteroatoms. The maximum Gasteiger partial charge on any atom is 0.225 e. The molecule has 0 spiro atoms. The molecule has 5 rings (SSSR count). The Hall–Kier alpha value is -3.96. The summed E-state index contributed by atoms with van der Waals surface area (Å²) in [6, 6.07) is 6.99. The summed E-state index contributed by atoms with van der Waals surface area (Å²) in [5.41, 5.74) is 3.66. The average Bonchev–Trinajstić information content (AvgIpc) is 3.43. The number of imidazole rings is 1. The van der Waals surface area contributed by atoms with Crippen molar-refractivity contribution in [1.29, 1.82) is 0 Å². The standard InChI is InChI=1S/C24H26N8O3/c1-13-5-7-27-15(8-13)11-28-22-18-23(31-21(30-22)14-4-3-6-26-10-14)32(12-29-18)17-9-16(24(35)25-2)19(33)20(17)34/h3-8,10,12,16-17,19-20,33-34H,9,11H2,1-2H3,(H,25,35)(H,28,30,31)/t16-,17+,19+,20-/m0/s1. The Morgan fingerprint density at radius 1 is 1.17 bits per heavy atom. The van der Waals surface area contributed by atoms with E-state index in [2.05, 4.69) is 25.6 Å². The van der Waals surface area contributed by atoms with Crippen LogP contribution in [0.2, 0.25) is 0 Å². The number of hydrogen-bond acceptors (Lipinski definition) is 9. The molecule has 4 N–H and O–H groups in total. The van der Waals surface area contributed by atoms with Gasteiger partial charge in [0.05, 0.1) is 36.6 Å². The number of hydrogen-bond donors (Lipinski definition) is 4. The second kappa shape index (κ2) is 9.35. The third kappa shape index (κ3) is 4.31. The zero-order valence-electron chi connectivity index (χ0n) is 19.3. The second-order valence-corrected chi connectivity index (χ2v) is 8.64. The van der Waals surface area contributed by atoms with E-state index >= 15 is 0 Å². The Balaban J connectivity index is 1.57. The lowest BCUT2D eigenvalue weighted by molar-refractivity contribution is -0.128. The number of aromatic nitrogens is 6. The molecule has 1 amide bonds. The topological polar surface area (TPSA) is 151 Å². The van der Waals surface area contributed by atoms with Gasteiger partial charge in [0.25, 0.3) is 0 Å². The molecule has 1 saturated carbocycles. The maximum absolute atomic E-state index is 12.2. The molecule has 0 aromatic carbocycles. The highest BCUT2D eigenvalue weighted by atomic mass is 16.3. The Labute approximate surface area is 201 Å². The van der Waals surface area contributed by atoms with Crippen LogP contribution in [0.4, 0.5) is 5.82 Å². The molecule has 4 heterocycles. The number of aliphatic hydroxyl groups excluding tert-OH is 2. The van der Waals surface area contributed by atoms with Gasteiger partial charge in [-0.15, -0.1) is 0 Å². The summed E-state index contributed by atoms with van der Waals surface area (Å²) < 4.78 is 1.71. The third-order valence-electron chi connectivity index (χ3n) is 6.34. The molecule has 4 atom stereocenters. The Kier molecular flexibility index (Phi) is 6.10. The Morgan fingerprint density at radius 3 is 2.77 bits per heavy atom. The van der Waals surface area contributed by atoms with Crippen molar-refractivity contribution in [3.63, 3.8) is 0 Å². The number of rotatable bonds is 6. The van der Waals surface area contributed by atoms with Crippen molar-refractivity contribution in [2.45, 2.75) is 38.1 Å². The van der Waals surface area contributed by atoms with E-state index in [0.717, 1.165) is 11.3 Å². The maximum atomic E-state index is 12.2. The predicted octanol–water partition coefficient (Wildman–Crippen LogP) is 1.23. The number of amides is 1. The number of pyridine rings is 2. The molecule has 180 valence electrons. The first-order valence-corrected chi connectivity index (χ1v) is 11.3. The molecule has 0 radical (unpaired) electrons. The fourth-order valence-electron chi connectivity index (χ4n) is 4.51. The fraction of sp³-hybridized carbons (Fsp3) is 0.333. The number of aryl methyl sites for hydroxylation is 1. The third-order valence-corrected chi connectivity index (χ3v) is 6.34. The zero-order valence-corrected chi connectivity index (χ0v) is 19.3. The molecule has 4 aromatic heterocycles. The summed E-state index contributed by atoms with van der Waals surface area (Å²) in [6.45, 7) is 2.43. The van der Waals surface area contributed by atoms with Crippen LogP contribution in [0.5, 0.6) is 0 Å². The second-order valence-electron chi connectivity index (χ2n) is 8.64. The first kappa shape index (κ1) is 22.8. The molecule has 11 nitrogen and oxygen atoms in total. The quantitative estimate of drug-likeness (QED) is 0.323. The number of nitrogens with zero attached hydrogens (tertiary/aromatic N) is 6. The van der Waals surface area contributed by atoms with Gasteiger partial charge < -0.3 is 25.4 Å². The van der Waals surface area contributed by atoms with Crippen molar-refractivity contribution in [2.75, 3.05) is 12.4 Å². The van der Waals surface area contributed by atoms with E-state index in [9.17, 15) is 15.0 Å². The largest absolute Gasteiger partial charge is 0.390 e. The van der Waals surface area contributed by atoms with E-state index in [4.69, 9.17) is 9.97 Å². The van der Waals surface area contributed by atoms with Gasteiger partial charge in [0.1, 0.15) is 11.6 Å². The van der Waals surface area contributed by atoms with E-state index in [1.807, 2.05) is 25.1 Å². The van der Waals surface area contributed by atoms with E-state index in [-0.39, 0.29) is 12.3 Å². The molecule has 0 aliphatic heterocycles. The molecule has 4 aromatic rings. The normalized spacial score (nSPS) is 21.8. The van der Waals surface area contributed by atoms with Crippen LogP contribution in [0.3, 0.4) is 0 Å². The van der Waals surface area contributed by atoms with Crippen LogP contribution < -0.4 is 10.6 Å². The number of carbonyl (C=O) groups excluding carboxylic acids is 1.